The number of rotatable bonds is 2. The van der Waals surface area contributed by atoms with Gasteiger partial charge in [-0.15, -0.1) is 0 Å². The van der Waals surface area contributed by atoms with Crippen LogP contribution in [0.25, 0.3) is 22.2 Å². The van der Waals surface area contributed by atoms with E-state index < -0.39 is 17.8 Å². The van der Waals surface area contributed by atoms with Gasteiger partial charge in [-0.05, 0) is 39.7 Å². The van der Waals surface area contributed by atoms with Gasteiger partial charge < -0.3 is 9.72 Å². The minimum atomic E-state index is -4.65. The van der Waals surface area contributed by atoms with E-state index >= 15 is 0 Å². The van der Waals surface area contributed by atoms with Crippen molar-refractivity contribution in [1.82, 2.24) is 15.0 Å². The zero-order chi connectivity index (χ0) is 19.9. The Hall–Kier alpha value is -2.33. The third kappa shape index (κ3) is 3.46. The predicted molar refractivity (Wildman–Crippen MR) is 97.8 cm³/mol. The van der Waals surface area contributed by atoms with Crippen molar-refractivity contribution >= 4 is 50.2 Å². The number of fused-ring (bicyclic) bond motifs is 1. The molecule has 1 amide bonds. The summed E-state index contributed by atoms with van der Waals surface area (Å²) >= 11 is 9.09. The van der Waals surface area contributed by atoms with E-state index in [9.17, 15) is 18.0 Å². The number of benzene rings is 1. The van der Waals surface area contributed by atoms with Crippen LogP contribution in [0.2, 0.25) is 5.28 Å². The van der Waals surface area contributed by atoms with Crippen molar-refractivity contribution in [1.29, 1.82) is 0 Å². The first kappa shape index (κ1) is 19.4. The molecule has 0 fully saturated rings. The predicted octanol–water partition coefficient (Wildman–Crippen LogP) is 5.26. The molecule has 0 radical (unpaired) electrons. The molecule has 0 aliphatic rings. The number of halogens is 5. The number of amides is 1. The molecular weight excluding hydrogens is 453 g/mol. The Labute approximate surface area is 164 Å². The van der Waals surface area contributed by atoms with Crippen LogP contribution in [0.4, 0.5) is 23.7 Å². The smallest absolute Gasteiger partial charge is 0.419 e. The molecule has 0 bridgehead atoms. The van der Waals surface area contributed by atoms with Crippen molar-refractivity contribution in [3.05, 3.63) is 39.8 Å². The number of aromatic nitrogens is 3. The Bertz CT molecular complexity index is 1040. The van der Waals surface area contributed by atoms with E-state index in [1.54, 1.807) is 12.1 Å². The van der Waals surface area contributed by atoms with Crippen LogP contribution in [0.3, 0.4) is 0 Å². The standard InChI is InChI=1S/C16H11BrClF3N4O2/c1-25(15(26)27-2)10-4-3-7-8(5-22-13(7)11(10)17)12-9(16(19,20)21)6-23-14(18)24-12/h3-6,22H,1-2H3. The van der Waals surface area contributed by atoms with Crippen LogP contribution in [-0.4, -0.2) is 35.2 Å². The minimum absolute atomic E-state index is 0.203. The highest BCUT2D eigenvalue weighted by Crippen LogP contribution is 2.41. The third-order valence-corrected chi connectivity index (χ3v) is 4.89. The summed E-state index contributed by atoms with van der Waals surface area (Å²) in [4.78, 5) is 23.1. The molecule has 1 N–H and O–H groups in total. The largest absolute Gasteiger partial charge is 0.452 e. The summed E-state index contributed by atoms with van der Waals surface area (Å²) in [6.07, 6.45) is -3.20. The molecule has 3 aromatic rings. The van der Waals surface area contributed by atoms with Crippen molar-refractivity contribution in [3.8, 4) is 11.3 Å². The van der Waals surface area contributed by atoms with Gasteiger partial charge in [-0.25, -0.2) is 14.8 Å². The summed E-state index contributed by atoms with van der Waals surface area (Å²) in [5.74, 6) is 0. The van der Waals surface area contributed by atoms with E-state index in [-0.39, 0.29) is 16.5 Å². The first-order chi connectivity index (χ1) is 12.6. The van der Waals surface area contributed by atoms with Gasteiger partial charge in [0.05, 0.1) is 28.5 Å². The molecular formula is C16H11BrClF3N4O2. The van der Waals surface area contributed by atoms with Crippen LogP contribution in [0.5, 0.6) is 0 Å². The summed E-state index contributed by atoms with van der Waals surface area (Å²) in [7, 11) is 2.75. The summed E-state index contributed by atoms with van der Waals surface area (Å²) < 4.78 is 45.2. The van der Waals surface area contributed by atoms with Crippen LogP contribution in [-0.2, 0) is 10.9 Å². The van der Waals surface area contributed by atoms with Crippen LogP contribution < -0.4 is 4.90 Å². The summed E-state index contributed by atoms with van der Waals surface area (Å²) in [5, 5.41) is 0.164. The number of ether oxygens (including phenoxy) is 1. The Morgan fingerprint density at radius 3 is 2.70 bits per heavy atom. The van der Waals surface area contributed by atoms with Crippen molar-refractivity contribution < 1.29 is 22.7 Å². The SMILES string of the molecule is COC(=O)N(C)c1ccc2c(-c3nc(Cl)ncc3C(F)(F)F)c[nH]c2c1Br. The molecule has 11 heteroatoms. The Morgan fingerprint density at radius 2 is 2.07 bits per heavy atom. The molecule has 2 heterocycles. The number of nitrogens with one attached hydrogen (secondary N) is 1. The first-order valence-corrected chi connectivity index (χ1v) is 8.53. The Balaban J connectivity index is 2.21. The topological polar surface area (TPSA) is 71.1 Å². The van der Waals surface area contributed by atoms with E-state index in [4.69, 9.17) is 11.6 Å². The van der Waals surface area contributed by atoms with Gasteiger partial charge in [-0.2, -0.15) is 13.2 Å². The summed E-state index contributed by atoms with van der Waals surface area (Å²) in [6.45, 7) is 0. The highest BCUT2D eigenvalue weighted by molar-refractivity contribution is 9.10. The number of methoxy groups -OCH3 is 1. The van der Waals surface area contributed by atoms with E-state index in [0.717, 1.165) is 0 Å². The van der Waals surface area contributed by atoms with Gasteiger partial charge in [0.15, 0.2) is 0 Å². The Kier molecular flexibility index (Phi) is 5.04. The van der Waals surface area contributed by atoms with Gasteiger partial charge in [-0.1, -0.05) is 0 Å². The van der Waals surface area contributed by atoms with Crippen molar-refractivity contribution in [2.75, 3.05) is 19.1 Å². The highest BCUT2D eigenvalue weighted by atomic mass is 79.9. The maximum Gasteiger partial charge on any atom is 0.419 e. The second kappa shape index (κ2) is 7.01. The number of hydrogen-bond donors (Lipinski definition) is 1. The maximum atomic E-state index is 13.3. The van der Waals surface area contributed by atoms with Crippen molar-refractivity contribution in [3.63, 3.8) is 0 Å². The number of anilines is 1. The third-order valence-electron chi connectivity index (χ3n) is 3.90. The molecule has 2 aromatic heterocycles. The van der Waals surface area contributed by atoms with Gasteiger partial charge >= 0.3 is 12.3 Å². The van der Waals surface area contributed by atoms with E-state index in [2.05, 4.69) is 35.6 Å². The van der Waals surface area contributed by atoms with Crippen LogP contribution in [0, 0.1) is 0 Å². The van der Waals surface area contributed by atoms with E-state index in [0.29, 0.717) is 27.3 Å². The molecule has 27 heavy (non-hydrogen) atoms. The molecule has 0 spiro atoms. The number of alkyl halides is 3. The first-order valence-electron chi connectivity index (χ1n) is 7.36. The molecule has 1 aromatic carbocycles. The zero-order valence-corrected chi connectivity index (χ0v) is 16.2. The number of H-pyrrole nitrogens is 1. The zero-order valence-electron chi connectivity index (χ0n) is 13.9. The lowest BCUT2D eigenvalue weighted by molar-refractivity contribution is -0.137. The van der Waals surface area contributed by atoms with Crippen molar-refractivity contribution in [2.24, 2.45) is 0 Å². The minimum Gasteiger partial charge on any atom is -0.452 e. The molecule has 142 valence electrons. The number of carbonyl (C=O) groups excluding carboxylic acids is 1. The fourth-order valence-electron chi connectivity index (χ4n) is 2.62. The van der Waals surface area contributed by atoms with Gasteiger partial charge in [0.25, 0.3) is 0 Å². The molecule has 6 nitrogen and oxygen atoms in total. The molecule has 0 saturated carbocycles. The van der Waals surface area contributed by atoms with E-state index in [1.165, 1.54) is 25.3 Å². The van der Waals surface area contributed by atoms with Gasteiger partial charge in [0, 0.05) is 30.4 Å². The fraction of sp³-hybridized carbons (Fsp3) is 0.188. The second-order valence-corrected chi connectivity index (χ2v) is 6.58. The Morgan fingerprint density at radius 1 is 1.37 bits per heavy atom. The van der Waals surface area contributed by atoms with Crippen LogP contribution in [0.15, 0.2) is 29.0 Å². The quantitative estimate of drug-likeness (QED) is 0.526. The number of aromatic amines is 1. The number of nitrogens with zero attached hydrogens (tertiary/aromatic N) is 3. The van der Waals surface area contributed by atoms with Gasteiger partial charge in [0.1, 0.15) is 5.56 Å². The fourth-order valence-corrected chi connectivity index (χ4v) is 3.48. The van der Waals surface area contributed by atoms with Gasteiger partial charge in [-0.3, -0.25) is 4.90 Å². The monoisotopic (exact) mass is 462 g/mol. The molecule has 0 unspecified atom stereocenters. The average Bonchev–Trinajstić information content (AvgIpc) is 3.04. The lowest BCUT2D eigenvalue weighted by Crippen LogP contribution is -2.26. The molecule has 0 atom stereocenters. The van der Waals surface area contributed by atoms with Gasteiger partial charge in [0.2, 0.25) is 5.28 Å². The lowest BCUT2D eigenvalue weighted by atomic mass is 10.1. The second-order valence-electron chi connectivity index (χ2n) is 5.45. The summed E-state index contributed by atoms with van der Waals surface area (Å²) in [6, 6.07) is 3.16. The van der Waals surface area contributed by atoms with E-state index in [1.807, 2.05) is 0 Å². The van der Waals surface area contributed by atoms with Crippen molar-refractivity contribution in [2.45, 2.75) is 6.18 Å². The van der Waals surface area contributed by atoms with Crippen LogP contribution >= 0.6 is 27.5 Å². The molecule has 0 aliphatic carbocycles. The average molecular weight is 464 g/mol. The number of hydrogen-bond acceptors (Lipinski definition) is 4. The highest BCUT2D eigenvalue weighted by Gasteiger charge is 2.36. The normalized spacial score (nSPS) is 11.7. The summed E-state index contributed by atoms with van der Waals surface area (Å²) in [5.41, 5.74) is -0.176. The molecule has 0 aliphatic heterocycles. The molecule has 0 saturated heterocycles. The van der Waals surface area contributed by atoms with Crippen LogP contribution in [0.1, 0.15) is 5.56 Å². The maximum absolute atomic E-state index is 13.3. The lowest BCUT2D eigenvalue weighted by Gasteiger charge is -2.17. The number of carbonyl (C=O) groups is 1. The molecule has 3 rings (SSSR count).